The van der Waals surface area contributed by atoms with E-state index in [1.165, 1.54) is 0 Å². The maximum Gasteiger partial charge on any atom is 0.0227 e. The second kappa shape index (κ2) is 4.38. The Morgan fingerprint density at radius 1 is 1.33 bits per heavy atom. The standard InChI is InChI=1S/C12H12/c1-3-8-11(4-2)12-9-6-5-7-10-12/h3,5-10H,2H2,1H3. The number of hydrogen-bond donors (Lipinski definition) is 0. The summed E-state index contributed by atoms with van der Waals surface area (Å²) in [5.41, 5.74) is 5.10. The highest BCUT2D eigenvalue weighted by atomic mass is 14.0. The van der Waals surface area contributed by atoms with Gasteiger partial charge in [-0.2, -0.15) is 0 Å². The first-order valence-corrected chi connectivity index (χ1v) is 3.96. The molecule has 1 rings (SSSR count). The molecule has 0 heteroatoms. The molecule has 12 heavy (non-hydrogen) atoms. The van der Waals surface area contributed by atoms with Gasteiger partial charge in [-0.15, -0.1) is 5.73 Å². The van der Waals surface area contributed by atoms with E-state index < -0.39 is 0 Å². The second-order valence-electron chi connectivity index (χ2n) is 2.46. The van der Waals surface area contributed by atoms with Crippen molar-refractivity contribution < 1.29 is 0 Å². The fourth-order valence-corrected chi connectivity index (χ4v) is 1.04. The molecular formula is C12H12. The van der Waals surface area contributed by atoms with E-state index in [4.69, 9.17) is 0 Å². The molecule has 0 nitrogen and oxygen atoms in total. The molecule has 1 aromatic carbocycles. The van der Waals surface area contributed by atoms with Crippen LogP contribution in [0, 0.1) is 0 Å². The fraction of sp³-hybridized carbons (Fsp3) is 0.0833. The Bertz CT molecular complexity index is 311. The first kappa shape index (κ1) is 8.58. The average Bonchev–Trinajstić information content (AvgIpc) is 2.15. The van der Waals surface area contributed by atoms with Gasteiger partial charge in [-0.05, 0) is 12.5 Å². The van der Waals surface area contributed by atoms with Gasteiger partial charge in [-0.3, -0.25) is 0 Å². The third kappa shape index (κ3) is 1.98. The Balaban J connectivity index is 3.05. The van der Waals surface area contributed by atoms with Crippen molar-refractivity contribution in [2.45, 2.75) is 6.92 Å². The molecule has 0 atom stereocenters. The number of rotatable bonds is 2. The minimum absolute atomic E-state index is 1.04. The lowest BCUT2D eigenvalue weighted by Gasteiger charge is -1.96. The molecule has 0 spiro atoms. The van der Waals surface area contributed by atoms with Crippen LogP contribution >= 0.6 is 0 Å². The van der Waals surface area contributed by atoms with Crippen molar-refractivity contribution in [2.75, 3.05) is 0 Å². The summed E-state index contributed by atoms with van der Waals surface area (Å²) in [7, 11) is 0. The predicted molar refractivity (Wildman–Crippen MR) is 53.8 cm³/mol. The van der Waals surface area contributed by atoms with E-state index in [1.807, 2.05) is 49.4 Å². The van der Waals surface area contributed by atoms with Crippen molar-refractivity contribution in [2.24, 2.45) is 0 Å². The molecule has 0 saturated carbocycles. The zero-order valence-electron chi connectivity index (χ0n) is 7.25. The monoisotopic (exact) mass is 156 g/mol. The summed E-state index contributed by atoms with van der Waals surface area (Å²) in [4.78, 5) is 0. The molecular weight excluding hydrogens is 144 g/mol. The van der Waals surface area contributed by atoms with Crippen LogP contribution in [-0.2, 0) is 0 Å². The van der Waals surface area contributed by atoms with Crippen LogP contribution in [-0.4, -0.2) is 0 Å². The highest BCUT2D eigenvalue weighted by molar-refractivity contribution is 5.72. The molecule has 0 aliphatic rings. The van der Waals surface area contributed by atoms with E-state index in [0.717, 1.165) is 11.1 Å². The summed E-state index contributed by atoms with van der Waals surface area (Å²) in [6.45, 7) is 5.63. The van der Waals surface area contributed by atoms with Gasteiger partial charge in [0.05, 0.1) is 0 Å². The maximum atomic E-state index is 3.64. The van der Waals surface area contributed by atoms with Crippen LogP contribution in [0.1, 0.15) is 12.5 Å². The van der Waals surface area contributed by atoms with E-state index in [2.05, 4.69) is 12.3 Å². The Kier molecular flexibility index (Phi) is 3.13. The maximum absolute atomic E-state index is 3.64. The van der Waals surface area contributed by atoms with Crippen LogP contribution in [0.3, 0.4) is 0 Å². The normalized spacial score (nSPS) is 9.75. The zero-order valence-corrected chi connectivity index (χ0v) is 7.25. The van der Waals surface area contributed by atoms with Crippen LogP contribution in [0.2, 0.25) is 0 Å². The van der Waals surface area contributed by atoms with E-state index in [1.54, 1.807) is 0 Å². The summed E-state index contributed by atoms with van der Waals surface area (Å²) in [5.74, 6) is 0. The smallest absolute Gasteiger partial charge is 0.0227 e. The predicted octanol–water partition coefficient (Wildman–Crippen LogP) is 3.43. The van der Waals surface area contributed by atoms with Crippen molar-refractivity contribution in [3.8, 4) is 0 Å². The third-order valence-corrected chi connectivity index (χ3v) is 1.61. The Hall–Kier alpha value is -1.52. The summed E-state index contributed by atoms with van der Waals surface area (Å²) < 4.78 is 0. The van der Waals surface area contributed by atoms with Crippen molar-refractivity contribution in [3.05, 3.63) is 60.4 Å². The van der Waals surface area contributed by atoms with Crippen molar-refractivity contribution in [3.63, 3.8) is 0 Å². The van der Waals surface area contributed by atoms with Gasteiger partial charge in [0.1, 0.15) is 0 Å². The molecule has 0 amide bonds. The van der Waals surface area contributed by atoms with Crippen molar-refractivity contribution >= 4 is 5.57 Å². The molecule has 60 valence electrons. The molecule has 0 aliphatic carbocycles. The third-order valence-electron chi connectivity index (χ3n) is 1.61. The summed E-state index contributed by atoms with van der Waals surface area (Å²) in [6.07, 6.45) is 3.99. The van der Waals surface area contributed by atoms with Gasteiger partial charge in [-0.25, -0.2) is 0 Å². The Morgan fingerprint density at radius 3 is 2.50 bits per heavy atom. The van der Waals surface area contributed by atoms with E-state index >= 15 is 0 Å². The van der Waals surface area contributed by atoms with Gasteiger partial charge in [0, 0.05) is 5.57 Å². The van der Waals surface area contributed by atoms with Crippen molar-refractivity contribution in [1.82, 2.24) is 0 Å². The molecule has 0 aromatic heterocycles. The molecule has 0 bridgehead atoms. The minimum Gasteiger partial charge on any atom is -0.120 e. The first-order chi connectivity index (χ1) is 5.88. The molecule has 0 N–H and O–H groups in total. The molecule has 0 radical (unpaired) electrons. The summed E-state index contributed by atoms with van der Waals surface area (Å²) in [6, 6.07) is 10.1. The largest absolute Gasteiger partial charge is 0.120 e. The molecule has 0 aliphatic heterocycles. The molecule has 1 aromatic rings. The van der Waals surface area contributed by atoms with Crippen molar-refractivity contribution in [1.29, 1.82) is 0 Å². The number of allylic oxidation sites excluding steroid dienone is 3. The van der Waals surface area contributed by atoms with Crippen LogP contribution in [0.15, 0.2) is 54.8 Å². The van der Waals surface area contributed by atoms with Crippen LogP contribution < -0.4 is 0 Å². The summed E-state index contributed by atoms with van der Waals surface area (Å²) in [5, 5.41) is 0. The highest BCUT2D eigenvalue weighted by Crippen LogP contribution is 2.12. The molecule has 0 fully saturated rings. The van der Waals surface area contributed by atoms with Gasteiger partial charge in [-0.1, -0.05) is 49.1 Å². The highest BCUT2D eigenvalue weighted by Gasteiger charge is 1.92. The molecule has 0 saturated heterocycles. The quantitative estimate of drug-likeness (QED) is 0.454. The lowest BCUT2D eigenvalue weighted by molar-refractivity contribution is 1.61. The van der Waals surface area contributed by atoms with Gasteiger partial charge >= 0.3 is 0 Å². The van der Waals surface area contributed by atoms with Crippen LogP contribution in [0.5, 0.6) is 0 Å². The van der Waals surface area contributed by atoms with E-state index in [0.29, 0.717) is 0 Å². The van der Waals surface area contributed by atoms with Crippen LogP contribution in [0.4, 0.5) is 0 Å². The zero-order chi connectivity index (χ0) is 8.81. The lowest BCUT2D eigenvalue weighted by Crippen LogP contribution is -1.76. The Morgan fingerprint density at radius 2 is 2.00 bits per heavy atom. The lowest BCUT2D eigenvalue weighted by atomic mass is 10.1. The van der Waals surface area contributed by atoms with E-state index in [9.17, 15) is 0 Å². The SMILES string of the molecule is C=C=C(C=CC)c1ccccc1. The molecule has 0 unspecified atom stereocenters. The van der Waals surface area contributed by atoms with Gasteiger partial charge in [0.2, 0.25) is 0 Å². The molecule has 0 heterocycles. The van der Waals surface area contributed by atoms with Gasteiger partial charge < -0.3 is 0 Å². The van der Waals surface area contributed by atoms with Gasteiger partial charge in [0.15, 0.2) is 0 Å². The fourth-order valence-electron chi connectivity index (χ4n) is 1.04. The van der Waals surface area contributed by atoms with Crippen LogP contribution in [0.25, 0.3) is 5.57 Å². The topological polar surface area (TPSA) is 0 Å². The number of hydrogen-bond acceptors (Lipinski definition) is 0. The van der Waals surface area contributed by atoms with E-state index in [-0.39, 0.29) is 0 Å². The summed E-state index contributed by atoms with van der Waals surface area (Å²) >= 11 is 0. The number of benzene rings is 1. The average molecular weight is 156 g/mol. The Labute approximate surface area is 73.6 Å². The second-order valence-corrected chi connectivity index (χ2v) is 2.46. The minimum atomic E-state index is 1.04. The first-order valence-electron chi connectivity index (χ1n) is 3.96. The van der Waals surface area contributed by atoms with Gasteiger partial charge in [0.25, 0.3) is 0 Å².